The van der Waals surface area contributed by atoms with Gasteiger partial charge in [-0.25, -0.2) is 0 Å². The van der Waals surface area contributed by atoms with Gasteiger partial charge in [0.25, 0.3) is 0 Å². The number of nitrogens with two attached hydrogens (primary N) is 1. The highest BCUT2D eigenvalue weighted by Crippen LogP contribution is 2.38. The van der Waals surface area contributed by atoms with Crippen LogP contribution in [-0.2, 0) is 11.8 Å². The first-order chi connectivity index (χ1) is 15.5. The standard InChI is InChI=1S/C26H36N2O4.ClH/c1-6-26(18-27,20-11-14-23(30-3)25(17-20)32-5)15-7-8-21(28)12-9-19-10-13-22(29-2)24(16-19)31-4;/h10-11,13-14,16-17,21H,6-9,12,15,28H2,1-5H3;1H. The van der Waals surface area contributed by atoms with Crippen molar-refractivity contribution < 1.29 is 18.9 Å². The highest BCUT2D eigenvalue weighted by molar-refractivity contribution is 5.85. The lowest BCUT2D eigenvalue weighted by Gasteiger charge is -2.27. The van der Waals surface area contributed by atoms with Crippen LogP contribution in [0.3, 0.4) is 0 Å². The molecule has 0 heterocycles. The summed E-state index contributed by atoms with van der Waals surface area (Å²) in [6.45, 7) is 2.05. The molecule has 182 valence electrons. The van der Waals surface area contributed by atoms with Crippen molar-refractivity contribution in [2.75, 3.05) is 28.4 Å². The Hall–Kier alpha value is -2.62. The van der Waals surface area contributed by atoms with Gasteiger partial charge in [-0.2, -0.15) is 5.26 Å². The van der Waals surface area contributed by atoms with Gasteiger partial charge in [-0.15, -0.1) is 12.4 Å². The lowest BCUT2D eigenvalue weighted by atomic mass is 9.75. The summed E-state index contributed by atoms with van der Waals surface area (Å²) >= 11 is 0. The summed E-state index contributed by atoms with van der Waals surface area (Å²) in [7, 11) is 6.49. The second-order valence-corrected chi connectivity index (χ2v) is 8.00. The van der Waals surface area contributed by atoms with Gasteiger partial charge in [0.2, 0.25) is 0 Å². The van der Waals surface area contributed by atoms with E-state index in [2.05, 4.69) is 13.0 Å². The van der Waals surface area contributed by atoms with E-state index in [9.17, 15) is 5.26 Å². The normalized spacial score (nSPS) is 13.1. The average molecular weight is 477 g/mol. The topological polar surface area (TPSA) is 86.7 Å². The summed E-state index contributed by atoms with van der Waals surface area (Å²) in [6.07, 6.45) is 4.96. The third-order valence-corrected chi connectivity index (χ3v) is 6.18. The van der Waals surface area contributed by atoms with E-state index in [-0.39, 0.29) is 18.4 Å². The van der Waals surface area contributed by atoms with Gasteiger partial charge in [-0.3, -0.25) is 0 Å². The Morgan fingerprint density at radius 2 is 1.45 bits per heavy atom. The number of nitriles is 1. The molecule has 33 heavy (non-hydrogen) atoms. The van der Waals surface area contributed by atoms with Crippen molar-refractivity contribution in [2.24, 2.45) is 5.73 Å². The minimum atomic E-state index is -0.567. The molecule has 0 saturated heterocycles. The van der Waals surface area contributed by atoms with Crippen LogP contribution >= 0.6 is 12.4 Å². The molecular formula is C26H37ClN2O4. The second-order valence-electron chi connectivity index (χ2n) is 8.00. The first kappa shape index (κ1) is 28.4. The number of hydrogen-bond acceptors (Lipinski definition) is 6. The van der Waals surface area contributed by atoms with E-state index in [1.165, 1.54) is 5.56 Å². The van der Waals surface area contributed by atoms with Crippen LogP contribution in [0.1, 0.15) is 50.2 Å². The number of methoxy groups -OCH3 is 4. The molecule has 2 aromatic rings. The molecule has 0 aliphatic rings. The zero-order valence-corrected chi connectivity index (χ0v) is 21.2. The Labute approximate surface area is 204 Å². The molecular weight excluding hydrogens is 440 g/mol. The average Bonchev–Trinajstić information content (AvgIpc) is 2.84. The molecule has 0 aliphatic heterocycles. The van der Waals surface area contributed by atoms with Gasteiger partial charge in [0.05, 0.1) is 39.9 Å². The maximum atomic E-state index is 10.1. The van der Waals surface area contributed by atoms with Gasteiger partial charge in [-0.05, 0) is 73.9 Å². The van der Waals surface area contributed by atoms with E-state index in [0.29, 0.717) is 11.5 Å². The molecule has 0 radical (unpaired) electrons. The fourth-order valence-corrected chi connectivity index (χ4v) is 4.06. The SMILES string of the molecule is CCC(C#N)(CCCC(N)CCc1ccc(OC)c(OC)c1)c1ccc(OC)c(OC)c1.Cl. The van der Waals surface area contributed by atoms with Gasteiger partial charge in [0.1, 0.15) is 0 Å². The quantitative estimate of drug-likeness (QED) is 0.414. The van der Waals surface area contributed by atoms with Crippen LogP contribution in [0.15, 0.2) is 36.4 Å². The van der Waals surface area contributed by atoms with E-state index in [4.69, 9.17) is 24.7 Å². The van der Waals surface area contributed by atoms with Crippen LogP contribution in [0.4, 0.5) is 0 Å². The first-order valence-corrected chi connectivity index (χ1v) is 11.1. The molecule has 0 aliphatic carbocycles. The maximum absolute atomic E-state index is 10.1. The molecule has 0 saturated carbocycles. The predicted octanol–water partition coefficient (Wildman–Crippen LogP) is 5.44. The monoisotopic (exact) mass is 476 g/mol. The molecule has 0 aromatic heterocycles. The Morgan fingerprint density at radius 1 is 0.879 bits per heavy atom. The summed E-state index contributed by atoms with van der Waals surface area (Å²) in [5, 5.41) is 10.1. The number of ether oxygens (including phenoxy) is 4. The first-order valence-electron chi connectivity index (χ1n) is 11.1. The Morgan fingerprint density at radius 3 is 2.00 bits per heavy atom. The fraction of sp³-hybridized carbons (Fsp3) is 0.500. The predicted molar refractivity (Wildman–Crippen MR) is 134 cm³/mol. The molecule has 2 rings (SSSR count). The molecule has 2 atom stereocenters. The molecule has 2 N–H and O–H groups in total. The summed E-state index contributed by atoms with van der Waals surface area (Å²) in [6, 6.07) is 14.3. The fourth-order valence-electron chi connectivity index (χ4n) is 4.06. The van der Waals surface area contributed by atoms with Crippen molar-refractivity contribution in [1.82, 2.24) is 0 Å². The van der Waals surface area contributed by atoms with Crippen molar-refractivity contribution in [1.29, 1.82) is 5.26 Å². The van der Waals surface area contributed by atoms with Gasteiger partial charge >= 0.3 is 0 Å². The number of aryl methyl sites for hydroxylation is 1. The number of rotatable bonds is 13. The molecule has 2 unspecified atom stereocenters. The molecule has 7 heteroatoms. The van der Waals surface area contributed by atoms with Gasteiger partial charge in [-0.1, -0.05) is 19.1 Å². The number of hydrogen-bond donors (Lipinski definition) is 1. The lowest BCUT2D eigenvalue weighted by molar-refractivity contribution is 0.352. The molecule has 0 bridgehead atoms. The van der Waals surface area contributed by atoms with Gasteiger partial charge < -0.3 is 24.7 Å². The smallest absolute Gasteiger partial charge is 0.161 e. The zero-order valence-electron chi connectivity index (χ0n) is 20.3. The molecule has 0 fully saturated rings. The zero-order chi connectivity index (χ0) is 23.6. The van der Waals surface area contributed by atoms with Crippen molar-refractivity contribution in [3.05, 3.63) is 47.5 Å². The molecule has 2 aromatic carbocycles. The Balaban J connectivity index is 0.00000544. The number of nitrogens with zero attached hydrogens (tertiary/aromatic N) is 1. The molecule has 0 spiro atoms. The van der Waals surface area contributed by atoms with E-state index < -0.39 is 5.41 Å². The highest BCUT2D eigenvalue weighted by atomic mass is 35.5. The van der Waals surface area contributed by atoms with E-state index >= 15 is 0 Å². The largest absolute Gasteiger partial charge is 0.493 e. The van der Waals surface area contributed by atoms with Crippen LogP contribution < -0.4 is 24.7 Å². The van der Waals surface area contributed by atoms with Crippen LogP contribution in [-0.4, -0.2) is 34.5 Å². The van der Waals surface area contributed by atoms with Gasteiger partial charge in [0, 0.05) is 6.04 Å². The lowest BCUT2D eigenvalue weighted by Crippen LogP contribution is -2.26. The van der Waals surface area contributed by atoms with Crippen molar-refractivity contribution in [3.8, 4) is 29.1 Å². The highest BCUT2D eigenvalue weighted by Gasteiger charge is 2.31. The maximum Gasteiger partial charge on any atom is 0.161 e. The summed E-state index contributed by atoms with van der Waals surface area (Å²) in [4.78, 5) is 0. The van der Waals surface area contributed by atoms with Crippen LogP contribution in [0.5, 0.6) is 23.0 Å². The Kier molecular flexibility index (Phi) is 11.9. The number of benzene rings is 2. The van der Waals surface area contributed by atoms with Crippen molar-refractivity contribution in [3.63, 3.8) is 0 Å². The van der Waals surface area contributed by atoms with E-state index in [0.717, 1.165) is 55.6 Å². The van der Waals surface area contributed by atoms with Gasteiger partial charge in [0.15, 0.2) is 23.0 Å². The van der Waals surface area contributed by atoms with Crippen LogP contribution in [0.2, 0.25) is 0 Å². The molecule has 6 nitrogen and oxygen atoms in total. The minimum absolute atomic E-state index is 0. The summed E-state index contributed by atoms with van der Waals surface area (Å²) < 4.78 is 21.4. The van der Waals surface area contributed by atoms with E-state index in [1.807, 2.05) is 36.4 Å². The van der Waals surface area contributed by atoms with Crippen LogP contribution in [0.25, 0.3) is 0 Å². The van der Waals surface area contributed by atoms with Crippen molar-refractivity contribution >= 4 is 12.4 Å². The minimum Gasteiger partial charge on any atom is -0.493 e. The molecule has 0 amide bonds. The second kappa shape index (κ2) is 13.8. The van der Waals surface area contributed by atoms with E-state index in [1.54, 1.807) is 28.4 Å². The third kappa shape index (κ3) is 7.18. The number of halogens is 1. The summed E-state index contributed by atoms with van der Waals surface area (Å²) in [5.41, 5.74) is 7.97. The third-order valence-electron chi connectivity index (χ3n) is 6.18. The summed E-state index contributed by atoms with van der Waals surface area (Å²) in [5.74, 6) is 2.76. The van der Waals surface area contributed by atoms with Crippen molar-refractivity contribution in [2.45, 2.75) is 56.9 Å². The van der Waals surface area contributed by atoms with Crippen LogP contribution in [0, 0.1) is 11.3 Å². The Bertz CT molecular complexity index is 916.